The van der Waals surface area contributed by atoms with Crippen LogP contribution in [0.5, 0.6) is 0 Å². The molecule has 0 bridgehead atoms. The summed E-state index contributed by atoms with van der Waals surface area (Å²) in [5, 5.41) is 11.3. The Morgan fingerprint density at radius 3 is 2.61 bits per heavy atom. The Morgan fingerprint density at radius 1 is 1.39 bits per heavy atom. The zero-order valence-corrected chi connectivity index (χ0v) is 10.5. The van der Waals surface area contributed by atoms with Gasteiger partial charge >= 0.3 is 5.97 Å². The average Bonchev–Trinajstić information content (AvgIpc) is 2.32. The van der Waals surface area contributed by atoms with Crippen LogP contribution in [0.4, 0.5) is 0 Å². The Bertz CT molecular complexity index is 431. The molecule has 5 nitrogen and oxygen atoms in total. The molecule has 1 atom stereocenters. The summed E-state index contributed by atoms with van der Waals surface area (Å²) in [5.74, 6) is -1.30. The van der Waals surface area contributed by atoms with Crippen LogP contribution in [0.2, 0.25) is 0 Å². The van der Waals surface area contributed by atoms with Gasteiger partial charge in [0.15, 0.2) is 6.10 Å². The Hall–Kier alpha value is -1.88. The van der Waals surface area contributed by atoms with E-state index in [9.17, 15) is 9.59 Å². The molecule has 0 saturated heterocycles. The van der Waals surface area contributed by atoms with Crippen LogP contribution in [0.15, 0.2) is 24.3 Å². The van der Waals surface area contributed by atoms with Crippen molar-refractivity contribution in [3.63, 3.8) is 0 Å². The Balaban J connectivity index is 2.48. The molecule has 0 spiro atoms. The van der Waals surface area contributed by atoms with Gasteiger partial charge in [-0.25, -0.2) is 4.79 Å². The molecule has 0 fully saturated rings. The number of benzene rings is 1. The van der Waals surface area contributed by atoms with Crippen LogP contribution < -0.4 is 5.32 Å². The molecule has 18 heavy (non-hydrogen) atoms. The Morgan fingerprint density at radius 2 is 2.06 bits per heavy atom. The minimum absolute atomic E-state index is 0.0312. The highest BCUT2D eigenvalue weighted by atomic mass is 16.5. The first-order chi connectivity index (χ1) is 8.54. The van der Waals surface area contributed by atoms with Crippen molar-refractivity contribution in [2.45, 2.75) is 19.4 Å². The highest BCUT2D eigenvalue weighted by molar-refractivity contribution is 5.80. The van der Waals surface area contributed by atoms with Gasteiger partial charge in [0.1, 0.15) is 0 Å². The predicted molar refractivity (Wildman–Crippen MR) is 66.3 cm³/mol. The summed E-state index contributed by atoms with van der Waals surface area (Å²) in [6.07, 6.45) is -0.770. The molecule has 0 aliphatic rings. The lowest BCUT2D eigenvalue weighted by atomic mass is 10.1. The van der Waals surface area contributed by atoms with Crippen LogP contribution in [0.25, 0.3) is 0 Å². The first-order valence-electron chi connectivity index (χ1n) is 5.61. The molecule has 98 valence electrons. The van der Waals surface area contributed by atoms with Gasteiger partial charge in [-0.2, -0.15) is 0 Å². The molecule has 1 unspecified atom stereocenters. The second kappa shape index (κ2) is 6.76. The van der Waals surface area contributed by atoms with Gasteiger partial charge < -0.3 is 15.2 Å². The minimum atomic E-state index is -1.09. The number of aryl methyl sites for hydroxylation is 1. The molecule has 0 saturated carbocycles. The van der Waals surface area contributed by atoms with Gasteiger partial charge in [-0.05, 0) is 18.1 Å². The number of carbonyl (C=O) groups excluding carboxylic acids is 1. The fourth-order valence-corrected chi connectivity index (χ4v) is 1.52. The summed E-state index contributed by atoms with van der Waals surface area (Å²) in [5.41, 5.74) is 1.97. The molecule has 2 N–H and O–H groups in total. The summed E-state index contributed by atoms with van der Waals surface area (Å²) in [6, 6.07) is 7.57. The summed E-state index contributed by atoms with van der Waals surface area (Å²) in [6.45, 7) is 1.90. The maximum atomic E-state index is 11.6. The van der Waals surface area contributed by atoms with Crippen molar-refractivity contribution >= 4 is 11.9 Å². The number of methoxy groups -OCH3 is 1. The third-order valence-electron chi connectivity index (χ3n) is 2.66. The number of carbonyl (C=O) groups is 2. The van der Waals surface area contributed by atoms with Gasteiger partial charge in [-0.3, -0.25) is 4.79 Å². The molecule has 0 radical (unpaired) electrons. The highest BCUT2D eigenvalue weighted by Gasteiger charge is 2.17. The molecule has 1 rings (SSSR count). The van der Waals surface area contributed by atoms with Gasteiger partial charge in [0.25, 0.3) is 0 Å². The maximum Gasteiger partial charge on any atom is 0.334 e. The number of amides is 1. The number of hydrogen-bond acceptors (Lipinski definition) is 3. The van der Waals surface area contributed by atoms with E-state index in [-0.39, 0.29) is 18.9 Å². The topological polar surface area (TPSA) is 75.6 Å². The fraction of sp³-hybridized carbons (Fsp3) is 0.385. The largest absolute Gasteiger partial charge is 0.479 e. The van der Waals surface area contributed by atoms with Crippen molar-refractivity contribution in [2.24, 2.45) is 0 Å². The van der Waals surface area contributed by atoms with Crippen LogP contribution in [-0.2, 0) is 20.7 Å². The first kappa shape index (κ1) is 14.2. The van der Waals surface area contributed by atoms with E-state index >= 15 is 0 Å². The van der Waals surface area contributed by atoms with E-state index in [2.05, 4.69) is 5.32 Å². The molecular formula is C13H17NO4. The molecule has 0 aliphatic carbocycles. The monoisotopic (exact) mass is 251 g/mol. The minimum Gasteiger partial charge on any atom is -0.479 e. The lowest BCUT2D eigenvalue weighted by Crippen LogP contribution is -2.38. The van der Waals surface area contributed by atoms with Crippen molar-refractivity contribution in [3.8, 4) is 0 Å². The van der Waals surface area contributed by atoms with Crippen molar-refractivity contribution in [1.82, 2.24) is 5.32 Å². The van der Waals surface area contributed by atoms with Gasteiger partial charge in [0.2, 0.25) is 5.91 Å². The van der Waals surface area contributed by atoms with Crippen molar-refractivity contribution in [2.75, 3.05) is 13.7 Å². The van der Waals surface area contributed by atoms with Gasteiger partial charge in [0.05, 0.1) is 13.0 Å². The molecule has 5 heteroatoms. The first-order valence-corrected chi connectivity index (χ1v) is 5.61. The summed E-state index contributed by atoms with van der Waals surface area (Å²) in [4.78, 5) is 22.3. The highest BCUT2D eigenvalue weighted by Crippen LogP contribution is 2.07. The Kier molecular flexibility index (Phi) is 5.32. The van der Waals surface area contributed by atoms with Crippen molar-refractivity contribution in [3.05, 3.63) is 35.4 Å². The van der Waals surface area contributed by atoms with E-state index in [4.69, 9.17) is 9.84 Å². The van der Waals surface area contributed by atoms with Crippen LogP contribution in [0.1, 0.15) is 11.1 Å². The quantitative estimate of drug-likeness (QED) is 0.782. The number of rotatable bonds is 6. The molecule has 1 amide bonds. The van der Waals surface area contributed by atoms with Crippen LogP contribution in [0.3, 0.4) is 0 Å². The summed E-state index contributed by atoms with van der Waals surface area (Å²) >= 11 is 0. The molecular weight excluding hydrogens is 234 g/mol. The van der Waals surface area contributed by atoms with Gasteiger partial charge in [0, 0.05) is 7.11 Å². The molecule has 0 aromatic heterocycles. The normalized spacial score (nSPS) is 11.9. The van der Waals surface area contributed by atoms with Crippen LogP contribution in [-0.4, -0.2) is 36.7 Å². The number of hydrogen-bond donors (Lipinski definition) is 2. The third kappa shape index (κ3) is 4.18. The number of nitrogens with one attached hydrogen (secondary N) is 1. The lowest BCUT2D eigenvalue weighted by molar-refractivity contribution is -0.148. The zero-order valence-electron chi connectivity index (χ0n) is 10.5. The number of carboxylic acids is 1. The second-order valence-electron chi connectivity index (χ2n) is 3.97. The van der Waals surface area contributed by atoms with Crippen molar-refractivity contribution in [1.29, 1.82) is 0 Å². The predicted octanol–water partition coefficient (Wildman–Crippen LogP) is 0.753. The number of carboxylic acid groups (broad SMARTS) is 1. The van der Waals surface area contributed by atoms with E-state index < -0.39 is 12.1 Å². The van der Waals surface area contributed by atoms with Crippen LogP contribution in [0, 0.1) is 6.92 Å². The van der Waals surface area contributed by atoms with Gasteiger partial charge in [-0.15, -0.1) is 0 Å². The molecule has 1 aromatic carbocycles. The van der Waals surface area contributed by atoms with E-state index in [1.165, 1.54) is 7.11 Å². The summed E-state index contributed by atoms with van der Waals surface area (Å²) in [7, 11) is 1.30. The molecule has 1 aromatic rings. The SMILES string of the molecule is COC(CNC(=O)Cc1ccccc1C)C(=O)O. The van der Waals surface area contributed by atoms with Gasteiger partial charge in [-0.1, -0.05) is 24.3 Å². The average molecular weight is 251 g/mol. The molecule has 0 aliphatic heterocycles. The number of ether oxygens (including phenoxy) is 1. The van der Waals surface area contributed by atoms with E-state index in [1.807, 2.05) is 31.2 Å². The maximum absolute atomic E-state index is 11.6. The van der Waals surface area contributed by atoms with Crippen molar-refractivity contribution < 1.29 is 19.4 Å². The summed E-state index contributed by atoms with van der Waals surface area (Å²) < 4.78 is 4.72. The van der Waals surface area contributed by atoms with Crippen LogP contribution >= 0.6 is 0 Å². The lowest BCUT2D eigenvalue weighted by Gasteiger charge is -2.12. The molecule has 0 heterocycles. The number of aliphatic carboxylic acids is 1. The van der Waals surface area contributed by atoms with E-state index in [1.54, 1.807) is 0 Å². The zero-order chi connectivity index (χ0) is 13.5. The smallest absolute Gasteiger partial charge is 0.334 e. The standard InChI is InChI=1S/C13H17NO4/c1-9-5-3-4-6-10(9)7-12(15)14-8-11(18-2)13(16)17/h3-6,11H,7-8H2,1-2H3,(H,14,15)(H,16,17). The second-order valence-corrected chi connectivity index (χ2v) is 3.97. The van der Waals surface area contributed by atoms with E-state index in [0.29, 0.717) is 0 Å². The fourth-order valence-electron chi connectivity index (χ4n) is 1.52. The Labute approximate surface area is 106 Å². The van der Waals surface area contributed by atoms with E-state index in [0.717, 1.165) is 11.1 Å². The third-order valence-corrected chi connectivity index (χ3v) is 2.66.